The van der Waals surface area contributed by atoms with Gasteiger partial charge >= 0.3 is 0 Å². The van der Waals surface area contributed by atoms with Gasteiger partial charge in [0.1, 0.15) is 8.07 Å². The molecular formula is C23H21N3OS2Si. The van der Waals surface area contributed by atoms with E-state index in [0.717, 1.165) is 10.4 Å². The van der Waals surface area contributed by atoms with Gasteiger partial charge in [-0.15, -0.1) is 22.7 Å². The minimum atomic E-state index is -1.78. The number of hydrogen-bond donors (Lipinski definition) is 1. The third-order valence-electron chi connectivity index (χ3n) is 5.57. The average Bonchev–Trinajstić information content (AvgIpc) is 3.41. The molecule has 2 aromatic heterocycles. The minimum Gasteiger partial charge on any atom is -0.395 e. The zero-order chi connectivity index (χ0) is 21.5. The van der Waals surface area contributed by atoms with Crippen molar-refractivity contribution in [2.45, 2.75) is 13.1 Å². The number of fused-ring (bicyclic) bond motifs is 3. The molecule has 1 aliphatic heterocycles. The molecule has 150 valence electrons. The summed E-state index contributed by atoms with van der Waals surface area (Å²) in [5.41, 5.74) is 2.02. The lowest BCUT2D eigenvalue weighted by Crippen LogP contribution is -2.48. The molecule has 4 nitrogen and oxygen atoms in total. The van der Waals surface area contributed by atoms with Crippen molar-refractivity contribution in [2.75, 3.05) is 25.1 Å². The van der Waals surface area contributed by atoms with Crippen molar-refractivity contribution in [3.05, 3.63) is 52.4 Å². The summed E-state index contributed by atoms with van der Waals surface area (Å²) >= 11 is 3.55. The molecule has 0 radical (unpaired) electrons. The summed E-state index contributed by atoms with van der Waals surface area (Å²) in [6.07, 6.45) is 1.96. The number of allylic oxidation sites excluding steroid dienone is 1. The van der Waals surface area contributed by atoms with Crippen molar-refractivity contribution in [3.63, 3.8) is 0 Å². The molecule has 4 rings (SSSR count). The van der Waals surface area contributed by atoms with Gasteiger partial charge in [-0.1, -0.05) is 25.2 Å². The number of likely N-dealkylation sites (N-methyl/N-ethyl adjacent to an activating group) is 1. The van der Waals surface area contributed by atoms with Gasteiger partial charge in [-0.3, -0.25) is 0 Å². The van der Waals surface area contributed by atoms with E-state index in [4.69, 9.17) is 5.26 Å². The average molecular weight is 448 g/mol. The van der Waals surface area contributed by atoms with Crippen LogP contribution in [-0.2, 0) is 0 Å². The highest BCUT2D eigenvalue weighted by molar-refractivity contribution is 7.30. The number of benzene rings is 1. The van der Waals surface area contributed by atoms with Crippen LogP contribution in [0.15, 0.2) is 36.4 Å². The molecule has 0 amide bonds. The van der Waals surface area contributed by atoms with Crippen LogP contribution in [-0.4, -0.2) is 33.4 Å². The maximum atomic E-state index is 9.70. The van der Waals surface area contributed by atoms with Gasteiger partial charge in [-0.25, -0.2) is 0 Å². The Morgan fingerprint density at radius 3 is 2.40 bits per heavy atom. The SMILES string of the molecule is CN(CCO)c1cc2c(s1)-c1sc(/C=C(\C#N)c3ccc(C#N)cc3)cc1[Si]2(C)C. The van der Waals surface area contributed by atoms with Gasteiger partial charge < -0.3 is 10.0 Å². The number of nitrogens with zero attached hydrogens (tertiary/aromatic N) is 3. The highest BCUT2D eigenvalue weighted by Crippen LogP contribution is 2.42. The summed E-state index contributed by atoms with van der Waals surface area (Å²) in [6.45, 7) is 5.53. The van der Waals surface area contributed by atoms with E-state index < -0.39 is 8.07 Å². The number of aliphatic hydroxyl groups is 1. The van der Waals surface area contributed by atoms with Crippen molar-refractivity contribution in [1.29, 1.82) is 10.5 Å². The van der Waals surface area contributed by atoms with E-state index in [2.05, 4.69) is 42.3 Å². The first-order chi connectivity index (χ1) is 14.4. The van der Waals surface area contributed by atoms with Crippen LogP contribution in [0, 0.1) is 22.7 Å². The van der Waals surface area contributed by atoms with Gasteiger partial charge in [0.2, 0.25) is 0 Å². The number of rotatable bonds is 5. The zero-order valence-corrected chi connectivity index (χ0v) is 19.7. The Kier molecular flexibility index (Phi) is 5.39. The molecule has 0 fully saturated rings. The molecule has 30 heavy (non-hydrogen) atoms. The first-order valence-electron chi connectivity index (χ1n) is 9.62. The van der Waals surface area contributed by atoms with Crippen LogP contribution in [0.1, 0.15) is 16.0 Å². The smallest absolute Gasteiger partial charge is 0.116 e. The van der Waals surface area contributed by atoms with E-state index in [-0.39, 0.29) is 6.61 Å². The second-order valence-electron chi connectivity index (χ2n) is 7.85. The lowest BCUT2D eigenvalue weighted by atomic mass is 10.0. The molecule has 3 heterocycles. The van der Waals surface area contributed by atoms with Crippen LogP contribution in [0.5, 0.6) is 0 Å². The molecular weight excluding hydrogens is 426 g/mol. The van der Waals surface area contributed by atoms with Crippen LogP contribution in [0.3, 0.4) is 0 Å². The fraction of sp³-hybridized carbons (Fsp3) is 0.217. The molecule has 0 spiro atoms. The molecule has 0 aliphatic carbocycles. The fourth-order valence-corrected chi connectivity index (χ4v) is 10.9. The number of thiophene rings is 2. The monoisotopic (exact) mass is 447 g/mol. The van der Waals surface area contributed by atoms with E-state index >= 15 is 0 Å². The quantitative estimate of drug-likeness (QED) is 0.474. The minimum absolute atomic E-state index is 0.144. The molecule has 0 saturated heterocycles. The summed E-state index contributed by atoms with van der Waals surface area (Å²) in [7, 11) is 0.242. The van der Waals surface area contributed by atoms with Crippen molar-refractivity contribution in [3.8, 4) is 21.9 Å². The molecule has 1 N–H and O–H groups in total. The number of anilines is 1. The van der Waals surface area contributed by atoms with Crippen LogP contribution in [0.25, 0.3) is 21.4 Å². The van der Waals surface area contributed by atoms with E-state index in [1.165, 1.54) is 25.1 Å². The molecule has 7 heteroatoms. The predicted octanol–water partition coefficient (Wildman–Crippen LogP) is 3.98. The first-order valence-corrected chi connectivity index (χ1v) is 14.3. The van der Waals surface area contributed by atoms with Crippen molar-refractivity contribution in [2.24, 2.45) is 0 Å². The summed E-state index contributed by atoms with van der Waals surface area (Å²) in [5, 5.41) is 32.0. The molecule has 1 aliphatic rings. The summed E-state index contributed by atoms with van der Waals surface area (Å²) < 4.78 is 0. The molecule has 0 saturated carbocycles. The molecule has 1 aromatic carbocycles. The zero-order valence-electron chi connectivity index (χ0n) is 17.1. The topological polar surface area (TPSA) is 71.0 Å². The van der Waals surface area contributed by atoms with Gasteiger partial charge in [0.05, 0.1) is 34.9 Å². The van der Waals surface area contributed by atoms with Gasteiger partial charge in [0.25, 0.3) is 0 Å². The first kappa shape index (κ1) is 20.6. The standard InChI is InChI=1S/C23H21N3OS2Si/c1-26(8-9-27)21-12-20-23(29-21)22-19(30(20,2)3)11-18(28-22)10-17(14-25)16-6-4-15(13-24)5-7-16/h4-7,10-12,27H,8-9H2,1-3H3/b17-10+. The highest BCUT2D eigenvalue weighted by atomic mass is 32.1. The number of hydrogen-bond acceptors (Lipinski definition) is 6. The Hall–Kier alpha value is -2.68. The van der Waals surface area contributed by atoms with E-state index in [1.807, 2.05) is 25.3 Å². The molecule has 0 atom stereocenters. The largest absolute Gasteiger partial charge is 0.395 e. The summed E-state index contributed by atoms with van der Waals surface area (Å²) in [6, 6.07) is 16.1. The lowest BCUT2D eigenvalue weighted by molar-refractivity contribution is 0.304. The van der Waals surface area contributed by atoms with Crippen LogP contribution < -0.4 is 15.3 Å². The Morgan fingerprint density at radius 1 is 1.10 bits per heavy atom. The summed E-state index contributed by atoms with van der Waals surface area (Å²) in [4.78, 5) is 5.88. The van der Waals surface area contributed by atoms with Gasteiger partial charge in [0.15, 0.2) is 0 Å². The maximum Gasteiger partial charge on any atom is 0.116 e. The van der Waals surface area contributed by atoms with E-state index in [9.17, 15) is 10.4 Å². The Morgan fingerprint density at radius 2 is 1.77 bits per heavy atom. The van der Waals surface area contributed by atoms with Crippen molar-refractivity contribution >= 4 is 57.8 Å². The van der Waals surface area contributed by atoms with Crippen LogP contribution >= 0.6 is 22.7 Å². The highest BCUT2D eigenvalue weighted by Gasteiger charge is 2.41. The summed E-state index contributed by atoms with van der Waals surface area (Å²) in [5.74, 6) is 0. The Labute approximate surface area is 185 Å². The fourth-order valence-electron chi connectivity index (χ4n) is 3.77. The maximum absolute atomic E-state index is 9.70. The normalized spacial score (nSPS) is 14.0. The van der Waals surface area contributed by atoms with Gasteiger partial charge in [-0.05, 0) is 46.3 Å². The lowest BCUT2D eigenvalue weighted by Gasteiger charge is -2.18. The Balaban J connectivity index is 1.73. The molecule has 0 unspecified atom stereocenters. The van der Waals surface area contributed by atoms with Crippen molar-refractivity contribution < 1.29 is 5.11 Å². The molecule has 3 aromatic rings. The number of aliphatic hydroxyl groups excluding tert-OH is 1. The van der Waals surface area contributed by atoms with Gasteiger partial charge in [-0.2, -0.15) is 10.5 Å². The van der Waals surface area contributed by atoms with Gasteiger partial charge in [0, 0.05) is 28.2 Å². The Bertz CT molecular complexity index is 1220. The second kappa shape index (κ2) is 7.86. The predicted molar refractivity (Wildman–Crippen MR) is 129 cm³/mol. The van der Waals surface area contributed by atoms with E-state index in [0.29, 0.717) is 17.7 Å². The van der Waals surface area contributed by atoms with Crippen molar-refractivity contribution in [1.82, 2.24) is 0 Å². The van der Waals surface area contributed by atoms with E-state index in [1.54, 1.807) is 34.8 Å². The van der Waals surface area contributed by atoms with Crippen LogP contribution in [0.4, 0.5) is 5.00 Å². The molecule has 0 bridgehead atoms. The third kappa shape index (κ3) is 3.40. The number of nitriles is 2. The second-order valence-corrected chi connectivity index (χ2v) is 14.3. The van der Waals surface area contributed by atoms with Crippen LogP contribution in [0.2, 0.25) is 13.1 Å². The third-order valence-corrected chi connectivity index (χ3v) is 11.9.